The van der Waals surface area contributed by atoms with Gasteiger partial charge in [-0.2, -0.15) is 5.26 Å². The second-order valence-corrected chi connectivity index (χ2v) is 5.20. The number of benzene rings is 2. The molecule has 0 aliphatic rings. The van der Waals surface area contributed by atoms with Crippen LogP contribution in [0.3, 0.4) is 0 Å². The van der Waals surface area contributed by atoms with Gasteiger partial charge in [-0.25, -0.2) is 0 Å². The molecule has 2 aromatic rings. The summed E-state index contributed by atoms with van der Waals surface area (Å²) in [6.45, 7) is 2.01. The highest BCUT2D eigenvalue weighted by atomic mass is 35.5. The third-order valence-electron chi connectivity index (χ3n) is 2.35. The van der Waals surface area contributed by atoms with Crippen LogP contribution in [0, 0.1) is 18.3 Å². The van der Waals surface area contributed by atoms with Crippen molar-refractivity contribution in [2.75, 3.05) is 0 Å². The fourth-order valence-electron chi connectivity index (χ4n) is 1.46. The molecule has 0 spiro atoms. The molecule has 0 saturated carbocycles. The molecule has 1 nitrogen and oxygen atoms in total. The van der Waals surface area contributed by atoms with Gasteiger partial charge in [-0.1, -0.05) is 23.4 Å². The molecule has 0 saturated heterocycles. The Bertz CT molecular complexity index is 570. The molecule has 0 bridgehead atoms. The van der Waals surface area contributed by atoms with E-state index in [2.05, 4.69) is 6.07 Å². The molecule has 0 unspecified atom stereocenters. The van der Waals surface area contributed by atoms with Crippen LogP contribution in [0.2, 0.25) is 5.02 Å². The molecule has 84 valence electrons. The topological polar surface area (TPSA) is 23.8 Å². The summed E-state index contributed by atoms with van der Waals surface area (Å²) in [4.78, 5) is 2.30. The third kappa shape index (κ3) is 3.03. The Hall–Kier alpha value is -1.43. The van der Waals surface area contributed by atoms with Crippen molar-refractivity contribution in [3.63, 3.8) is 0 Å². The van der Waals surface area contributed by atoms with Crippen LogP contribution >= 0.6 is 23.4 Å². The lowest BCUT2D eigenvalue weighted by molar-refractivity contribution is 1.28. The van der Waals surface area contributed by atoms with Gasteiger partial charge in [0.25, 0.3) is 0 Å². The molecule has 0 aromatic heterocycles. The number of hydrogen-bond donors (Lipinski definition) is 0. The normalized spacial score (nSPS) is 9.94. The molecule has 0 radical (unpaired) electrons. The SMILES string of the molecule is Cc1cc(C#N)ccc1Sc1ccc(Cl)cc1. The van der Waals surface area contributed by atoms with Crippen molar-refractivity contribution >= 4 is 23.4 Å². The van der Waals surface area contributed by atoms with E-state index in [9.17, 15) is 0 Å². The zero-order valence-electron chi connectivity index (χ0n) is 9.27. The Morgan fingerprint density at radius 2 is 1.82 bits per heavy atom. The summed E-state index contributed by atoms with van der Waals surface area (Å²) in [7, 11) is 0. The first-order valence-electron chi connectivity index (χ1n) is 5.13. The smallest absolute Gasteiger partial charge is 0.0991 e. The van der Waals surface area contributed by atoms with Crippen molar-refractivity contribution in [3.05, 3.63) is 58.6 Å². The lowest BCUT2D eigenvalue weighted by Gasteiger charge is -2.05. The Morgan fingerprint density at radius 3 is 2.41 bits per heavy atom. The van der Waals surface area contributed by atoms with E-state index in [1.54, 1.807) is 11.8 Å². The predicted octanol–water partition coefficient (Wildman–Crippen LogP) is 4.67. The largest absolute Gasteiger partial charge is 0.192 e. The van der Waals surface area contributed by atoms with Crippen LogP contribution in [0.1, 0.15) is 11.1 Å². The van der Waals surface area contributed by atoms with Crippen molar-refractivity contribution in [1.29, 1.82) is 5.26 Å². The summed E-state index contributed by atoms with van der Waals surface area (Å²) in [5.74, 6) is 0. The maximum absolute atomic E-state index is 8.80. The van der Waals surface area contributed by atoms with Crippen molar-refractivity contribution in [2.45, 2.75) is 16.7 Å². The number of rotatable bonds is 2. The lowest BCUT2D eigenvalue weighted by atomic mass is 10.2. The van der Waals surface area contributed by atoms with Gasteiger partial charge in [-0.05, 0) is 55.0 Å². The minimum atomic E-state index is 0.697. The van der Waals surface area contributed by atoms with Gasteiger partial charge < -0.3 is 0 Å². The predicted molar refractivity (Wildman–Crippen MR) is 71.5 cm³/mol. The highest BCUT2D eigenvalue weighted by Gasteiger charge is 2.02. The molecule has 0 amide bonds. The summed E-state index contributed by atoms with van der Waals surface area (Å²) in [5, 5.41) is 9.54. The lowest BCUT2D eigenvalue weighted by Crippen LogP contribution is -1.82. The van der Waals surface area contributed by atoms with E-state index in [1.807, 2.05) is 49.4 Å². The minimum absolute atomic E-state index is 0.697. The molecule has 0 fully saturated rings. The van der Waals surface area contributed by atoms with Crippen molar-refractivity contribution in [1.82, 2.24) is 0 Å². The van der Waals surface area contributed by atoms with Gasteiger partial charge in [0.2, 0.25) is 0 Å². The van der Waals surface area contributed by atoms with Crippen LogP contribution < -0.4 is 0 Å². The third-order valence-corrected chi connectivity index (χ3v) is 3.78. The number of nitriles is 1. The highest BCUT2D eigenvalue weighted by Crippen LogP contribution is 2.31. The molecule has 0 aliphatic heterocycles. The second-order valence-electron chi connectivity index (χ2n) is 3.65. The Balaban J connectivity index is 2.25. The van der Waals surface area contributed by atoms with Gasteiger partial charge >= 0.3 is 0 Å². The van der Waals surface area contributed by atoms with E-state index in [0.717, 1.165) is 20.4 Å². The van der Waals surface area contributed by atoms with Gasteiger partial charge in [0, 0.05) is 14.8 Å². The molecule has 0 N–H and O–H groups in total. The second kappa shape index (κ2) is 5.27. The zero-order chi connectivity index (χ0) is 12.3. The first-order valence-corrected chi connectivity index (χ1v) is 6.32. The highest BCUT2D eigenvalue weighted by molar-refractivity contribution is 7.99. The van der Waals surface area contributed by atoms with E-state index in [-0.39, 0.29) is 0 Å². The van der Waals surface area contributed by atoms with Crippen molar-refractivity contribution in [2.24, 2.45) is 0 Å². The van der Waals surface area contributed by atoms with E-state index in [0.29, 0.717) is 5.56 Å². The first-order chi connectivity index (χ1) is 8.19. The van der Waals surface area contributed by atoms with Gasteiger partial charge in [0.1, 0.15) is 0 Å². The standard InChI is InChI=1S/C14H10ClNS/c1-10-8-11(9-16)2-7-14(10)17-13-5-3-12(15)4-6-13/h2-8H,1H3. The summed E-state index contributed by atoms with van der Waals surface area (Å²) >= 11 is 7.51. The van der Waals surface area contributed by atoms with Crippen LogP contribution in [0.5, 0.6) is 0 Å². The van der Waals surface area contributed by atoms with E-state index in [4.69, 9.17) is 16.9 Å². The summed E-state index contributed by atoms with van der Waals surface area (Å²) in [6, 6.07) is 15.6. The average Bonchev–Trinajstić information content (AvgIpc) is 2.34. The number of aryl methyl sites for hydroxylation is 1. The summed E-state index contributed by atoms with van der Waals surface area (Å²) in [6.07, 6.45) is 0. The van der Waals surface area contributed by atoms with Crippen molar-refractivity contribution in [3.8, 4) is 6.07 Å². The van der Waals surface area contributed by atoms with Crippen molar-refractivity contribution < 1.29 is 0 Å². The summed E-state index contributed by atoms with van der Waals surface area (Å²) in [5.41, 5.74) is 1.81. The fourth-order valence-corrected chi connectivity index (χ4v) is 2.47. The van der Waals surface area contributed by atoms with Crippen LogP contribution in [0.4, 0.5) is 0 Å². The molecular weight excluding hydrogens is 250 g/mol. The quantitative estimate of drug-likeness (QED) is 0.782. The number of halogens is 1. The number of hydrogen-bond acceptors (Lipinski definition) is 2. The van der Waals surface area contributed by atoms with Crippen LogP contribution in [0.25, 0.3) is 0 Å². The van der Waals surface area contributed by atoms with Crippen LogP contribution in [0.15, 0.2) is 52.3 Å². The molecule has 0 aliphatic carbocycles. The zero-order valence-corrected chi connectivity index (χ0v) is 10.8. The molecule has 17 heavy (non-hydrogen) atoms. The van der Waals surface area contributed by atoms with Gasteiger partial charge in [-0.15, -0.1) is 0 Å². The van der Waals surface area contributed by atoms with Gasteiger partial charge in [0.05, 0.1) is 11.6 Å². The van der Waals surface area contributed by atoms with Crippen LogP contribution in [-0.2, 0) is 0 Å². The van der Waals surface area contributed by atoms with Crippen LogP contribution in [-0.4, -0.2) is 0 Å². The first kappa shape index (κ1) is 12.0. The Morgan fingerprint density at radius 1 is 1.12 bits per heavy atom. The molecule has 0 atom stereocenters. The van der Waals surface area contributed by atoms with E-state index >= 15 is 0 Å². The van der Waals surface area contributed by atoms with Gasteiger partial charge in [-0.3, -0.25) is 0 Å². The molecule has 3 heteroatoms. The Kier molecular flexibility index (Phi) is 3.73. The van der Waals surface area contributed by atoms with Gasteiger partial charge in [0.15, 0.2) is 0 Å². The minimum Gasteiger partial charge on any atom is -0.192 e. The Labute approximate surface area is 110 Å². The summed E-state index contributed by atoms with van der Waals surface area (Å²) < 4.78 is 0. The monoisotopic (exact) mass is 259 g/mol. The molecule has 2 aromatic carbocycles. The molecule has 0 heterocycles. The molecular formula is C14H10ClNS. The fraction of sp³-hybridized carbons (Fsp3) is 0.0714. The van der Waals surface area contributed by atoms with E-state index in [1.165, 1.54) is 0 Å². The average molecular weight is 260 g/mol. The maximum atomic E-state index is 8.80. The maximum Gasteiger partial charge on any atom is 0.0991 e. The number of nitrogens with zero attached hydrogens (tertiary/aromatic N) is 1. The molecule has 2 rings (SSSR count). The van der Waals surface area contributed by atoms with E-state index < -0.39 is 0 Å².